The van der Waals surface area contributed by atoms with Crippen LogP contribution in [-0.4, -0.2) is 43.4 Å². The van der Waals surface area contributed by atoms with Crippen LogP contribution in [0.5, 0.6) is 5.88 Å². The molecule has 19 heavy (non-hydrogen) atoms. The van der Waals surface area contributed by atoms with Crippen LogP contribution in [0.25, 0.3) is 0 Å². The van der Waals surface area contributed by atoms with Crippen LogP contribution in [-0.2, 0) is 4.74 Å². The Morgan fingerprint density at radius 2 is 2.37 bits per heavy atom. The first kappa shape index (κ1) is 13.9. The van der Waals surface area contributed by atoms with Crippen LogP contribution in [0.15, 0.2) is 6.33 Å². The van der Waals surface area contributed by atoms with Crippen molar-refractivity contribution in [1.29, 1.82) is 0 Å². The van der Waals surface area contributed by atoms with Crippen molar-refractivity contribution in [2.75, 3.05) is 44.0 Å². The Morgan fingerprint density at radius 3 is 3.05 bits per heavy atom. The van der Waals surface area contributed by atoms with E-state index in [9.17, 15) is 0 Å². The summed E-state index contributed by atoms with van der Waals surface area (Å²) in [4.78, 5) is 10.4. The average Bonchev–Trinajstić information content (AvgIpc) is 2.42. The van der Waals surface area contributed by atoms with Crippen molar-refractivity contribution >= 4 is 11.5 Å². The van der Waals surface area contributed by atoms with Gasteiger partial charge in [0.15, 0.2) is 5.82 Å². The predicted molar refractivity (Wildman–Crippen MR) is 74.4 cm³/mol. The average molecular weight is 266 g/mol. The van der Waals surface area contributed by atoms with E-state index in [2.05, 4.69) is 14.9 Å². The zero-order valence-corrected chi connectivity index (χ0v) is 11.6. The van der Waals surface area contributed by atoms with Crippen molar-refractivity contribution in [1.82, 2.24) is 9.97 Å². The summed E-state index contributed by atoms with van der Waals surface area (Å²) in [5.74, 6) is 1.71. The number of nitrogens with two attached hydrogens (primary N) is 1. The van der Waals surface area contributed by atoms with E-state index in [-0.39, 0.29) is 0 Å². The van der Waals surface area contributed by atoms with Gasteiger partial charge in [-0.05, 0) is 25.7 Å². The van der Waals surface area contributed by atoms with E-state index in [1.54, 1.807) is 0 Å². The maximum Gasteiger partial charge on any atom is 0.242 e. The SMILES string of the molecule is CCOc1ncnc(N(C)CC2CCCOC2)c1N. The van der Waals surface area contributed by atoms with Gasteiger partial charge in [0.1, 0.15) is 12.0 Å². The van der Waals surface area contributed by atoms with E-state index in [0.29, 0.717) is 24.1 Å². The maximum atomic E-state index is 6.05. The molecule has 1 fully saturated rings. The summed E-state index contributed by atoms with van der Waals surface area (Å²) in [6.07, 6.45) is 3.81. The standard InChI is InChI=1S/C13H22N4O2/c1-3-19-13-11(14)12(15-9-16-13)17(2)7-10-5-4-6-18-8-10/h9-10H,3-8,14H2,1-2H3. The number of aromatic nitrogens is 2. The Hall–Kier alpha value is -1.56. The summed E-state index contributed by atoms with van der Waals surface area (Å²) in [6.45, 7) is 5.02. The molecule has 2 heterocycles. The van der Waals surface area contributed by atoms with Gasteiger partial charge in [0.25, 0.3) is 0 Å². The molecule has 1 aromatic heterocycles. The molecule has 1 aliphatic heterocycles. The second-order valence-corrected chi connectivity index (χ2v) is 4.81. The minimum Gasteiger partial charge on any atom is -0.476 e. The lowest BCUT2D eigenvalue weighted by molar-refractivity contribution is 0.0576. The molecular weight excluding hydrogens is 244 g/mol. The largest absolute Gasteiger partial charge is 0.476 e. The number of hydrogen-bond donors (Lipinski definition) is 1. The summed E-state index contributed by atoms with van der Waals surface area (Å²) in [5.41, 5.74) is 6.56. The van der Waals surface area contributed by atoms with E-state index >= 15 is 0 Å². The molecule has 0 aromatic carbocycles. The van der Waals surface area contributed by atoms with Gasteiger partial charge >= 0.3 is 0 Å². The van der Waals surface area contributed by atoms with Gasteiger partial charge in [-0.2, -0.15) is 4.98 Å². The molecule has 6 nitrogen and oxygen atoms in total. The smallest absolute Gasteiger partial charge is 0.242 e. The Bertz CT molecular complexity index is 408. The number of rotatable bonds is 5. The van der Waals surface area contributed by atoms with E-state index in [1.807, 2.05) is 14.0 Å². The lowest BCUT2D eigenvalue weighted by atomic mass is 10.0. The quantitative estimate of drug-likeness (QED) is 0.866. The van der Waals surface area contributed by atoms with Crippen LogP contribution >= 0.6 is 0 Å². The minimum atomic E-state index is 0.458. The molecule has 1 saturated heterocycles. The van der Waals surface area contributed by atoms with E-state index in [0.717, 1.165) is 32.0 Å². The molecule has 0 bridgehead atoms. The van der Waals surface area contributed by atoms with E-state index in [4.69, 9.17) is 15.2 Å². The fourth-order valence-corrected chi connectivity index (χ4v) is 2.35. The monoisotopic (exact) mass is 266 g/mol. The molecule has 1 aromatic rings. The van der Waals surface area contributed by atoms with Crippen LogP contribution in [0, 0.1) is 5.92 Å². The fraction of sp³-hybridized carbons (Fsp3) is 0.692. The lowest BCUT2D eigenvalue weighted by Gasteiger charge is -2.28. The van der Waals surface area contributed by atoms with Crippen molar-refractivity contribution in [2.24, 2.45) is 5.92 Å². The topological polar surface area (TPSA) is 73.5 Å². The molecular formula is C13H22N4O2. The van der Waals surface area contributed by atoms with E-state index < -0.39 is 0 Å². The molecule has 1 aliphatic rings. The zero-order chi connectivity index (χ0) is 13.7. The van der Waals surface area contributed by atoms with Crippen molar-refractivity contribution < 1.29 is 9.47 Å². The molecule has 106 valence electrons. The molecule has 0 saturated carbocycles. The van der Waals surface area contributed by atoms with Crippen LogP contribution in [0.1, 0.15) is 19.8 Å². The molecule has 6 heteroatoms. The number of anilines is 2. The highest BCUT2D eigenvalue weighted by atomic mass is 16.5. The first-order valence-corrected chi connectivity index (χ1v) is 6.74. The van der Waals surface area contributed by atoms with Crippen LogP contribution in [0.3, 0.4) is 0 Å². The van der Waals surface area contributed by atoms with Gasteiger partial charge in [0.2, 0.25) is 5.88 Å². The van der Waals surface area contributed by atoms with Crippen LogP contribution in [0.4, 0.5) is 11.5 Å². The van der Waals surface area contributed by atoms with Crippen molar-refractivity contribution in [3.63, 3.8) is 0 Å². The Labute approximate surface area is 113 Å². The second kappa shape index (κ2) is 6.56. The van der Waals surface area contributed by atoms with Gasteiger partial charge in [-0.1, -0.05) is 0 Å². The first-order valence-electron chi connectivity index (χ1n) is 6.74. The van der Waals surface area contributed by atoms with Crippen molar-refractivity contribution in [2.45, 2.75) is 19.8 Å². The lowest BCUT2D eigenvalue weighted by Crippen LogP contribution is -2.31. The van der Waals surface area contributed by atoms with Gasteiger partial charge in [-0.15, -0.1) is 0 Å². The number of nitrogen functional groups attached to an aromatic ring is 1. The van der Waals surface area contributed by atoms with Gasteiger partial charge in [0, 0.05) is 20.2 Å². The van der Waals surface area contributed by atoms with Gasteiger partial charge in [-0.25, -0.2) is 4.98 Å². The van der Waals surface area contributed by atoms with Crippen molar-refractivity contribution in [3.05, 3.63) is 6.33 Å². The Morgan fingerprint density at radius 1 is 1.53 bits per heavy atom. The highest BCUT2D eigenvalue weighted by Gasteiger charge is 2.19. The van der Waals surface area contributed by atoms with Gasteiger partial charge < -0.3 is 20.1 Å². The van der Waals surface area contributed by atoms with E-state index in [1.165, 1.54) is 12.7 Å². The molecule has 0 spiro atoms. The highest BCUT2D eigenvalue weighted by molar-refractivity contribution is 5.67. The maximum absolute atomic E-state index is 6.05. The molecule has 0 amide bonds. The molecule has 1 unspecified atom stereocenters. The Kier molecular flexibility index (Phi) is 4.79. The van der Waals surface area contributed by atoms with Gasteiger partial charge in [0.05, 0.1) is 13.2 Å². The number of hydrogen-bond acceptors (Lipinski definition) is 6. The minimum absolute atomic E-state index is 0.458. The summed E-state index contributed by atoms with van der Waals surface area (Å²) >= 11 is 0. The van der Waals surface area contributed by atoms with Crippen molar-refractivity contribution in [3.8, 4) is 5.88 Å². The second-order valence-electron chi connectivity index (χ2n) is 4.81. The molecule has 1 atom stereocenters. The normalized spacial score (nSPS) is 19.2. The van der Waals surface area contributed by atoms with Crippen LogP contribution in [0.2, 0.25) is 0 Å². The molecule has 0 aliphatic carbocycles. The fourth-order valence-electron chi connectivity index (χ4n) is 2.35. The summed E-state index contributed by atoms with van der Waals surface area (Å²) in [5, 5.41) is 0. The van der Waals surface area contributed by atoms with Gasteiger partial charge in [-0.3, -0.25) is 0 Å². The third-order valence-electron chi connectivity index (χ3n) is 3.26. The summed E-state index contributed by atoms with van der Waals surface area (Å²) in [7, 11) is 1.99. The first-order chi connectivity index (χ1) is 9.22. The van der Waals surface area contributed by atoms with Crippen LogP contribution < -0.4 is 15.4 Å². The zero-order valence-electron chi connectivity index (χ0n) is 11.6. The predicted octanol–water partition coefficient (Wildman–Crippen LogP) is 1.32. The Balaban J connectivity index is 2.05. The summed E-state index contributed by atoms with van der Waals surface area (Å²) in [6, 6.07) is 0. The molecule has 2 rings (SSSR count). The third-order valence-corrected chi connectivity index (χ3v) is 3.26. The molecule has 2 N–H and O–H groups in total. The highest BCUT2D eigenvalue weighted by Crippen LogP contribution is 2.28. The summed E-state index contributed by atoms with van der Waals surface area (Å²) < 4.78 is 10.9. The molecule has 0 radical (unpaired) electrons. The number of nitrogens with zero attached hydrogens (tertiary/aromatic N) is 3. The third kappa shape index (κ3) is 3.47. The number of ether oxygens (including phenoxy) is 2.